The van der Waals surface area contributed by atoms with Crippen LogP contribution in [0.1, 0.15) is 25.6 Å². The predicted octanol–water partition coefficient (Wildman–Crippen LogP) is 0.114. The maximum atomic E-state index is 9.50. The van der Waals surface area contributed by atoms with Crippen LogP contribution in [-0.4, -0.2) is 58.8 Å². The summed E-state index contributed by atoms with van der Waals surface area (Å²) in [6, 6.07) is 0. The number of likely N-dealkylation sites (tertiary alicyclic amines) is 1. The van der Waals surface area contributed by atoms with Crippen molar-refractivity contribution in [3.05, 3.63) is 5.82 Å². The summed E-state index contributed by atoms with van der Waals surface area (Å²) < 4.78 is 0. The van der Waals surface area contributed by atoms with Crippen molar-refractivity contribution >= 4 is 11.9 Å². The van der Waals surface area contributed by atoms with E-state index < -0.39 is 0 Å². The second-order valence-electron chi connectivity index (χ2n) is 6.09. The second-order valence-corrected chi connectivity index (χ2v) is 6.09. The molecular formula is C13H24N6O. The van der Waals surface area contributed by atoms with E-state index in [0.29, 0.717) is 18.3 Å². The molecule has 7 heteroatoms. The van der Waals surface area contributed by atoms with Crippen molar-refractivity contribution in [1.29, 1.82) is 0 Å². The smallest absolute Gasteiger partial charge is 0.229 e. The third-order valence-corrected chi connectivity index (χ3v) is 3.69. The molecule has 1 saturated heterocycles. The van der Waals surface area contributed by atoms with Gasteiger partial charge < -0.3 is 15.7 Å². The number of aliphatic hydroxyl groups is 1. The molecule has 1 aromatic heterocycles. The monoisotopic (exact) mass is 280 g/mol. The number of nitrogen functional groups attached to an aromatic ring is 1. The SMILES string of the molecule is CN(C)c1nc(N)nc(CN2CCCC(C)(CO)C2)n1. The van der Waals surface area contributed by atoms with E-state index in [1.54, 1.807) is 0 Å². The minimum absolute atomic E-state index is 0.0266. The van der Waals surface area contributed by atoms with Gasteiger partial charge in [0.25, 0.3) is 0 Å². The average Bonchev–Trinajstić information content (AvgIpc) is 2.38. The van der Waals surface area contributed by atoms with Gasteiger partial charge in [-0.2, -0.15) is 15.0 Å². The first kappa shape index (κ1) is 14.9. The van der Waals surface area contributed by atoms with Crippen molar-refractivity contribution in [2.24, 2.45) is 5.41 Å². The molecule has 0 amide bonds. The number of nitrogens with two attached hydrogens (primary N) is 1. The largest absolute Gasteiger partial charge is 0.396 e. The molecule has 112 valence electrons. The maximum absolute atomic E-state index is 9.50. The Bertz CT molecular complexity index is 466. The number of rotatable bonds is 4. The first-order valence-corrected chi connectivity index (χ1v) is 6.93. The summed E-state index contributed by atoms with van der Waals surface area (Å²) in [5.41, 5.74) is 5.71. The zero-order chi connectivity index (χ0) is 14.8. The van der Waals surface area contributed by atoms with E-state index in [2.05, 4.69) is 26.8 Å². The third kappa shape index (κ3) is 3.55. The molecule has 0 aromatic carbocycles. The van der Waals surface area contributed by atoms with Gasteiger partial charge in [-0.3, -0.25) is 4.90 Å². The molecule has 1 atom stereocenters. The van der Waals surface area contributed by atoms with E-state index in [1.165, 1.54) is 0 Å². The molecule has 1 aliphatic rings. The Hall–Kier alpha value is -1.47. The van der Waals surface area contributed by atoms with Gasteiger partial charge in [0.15, 0.2) is 0 Å². The lowest BCUT2D eigenvalue weighted by Crippen LogP contribution is -2.43. The van der Waals surface area contributed by atoms with Crippen LogP contribution in [0.3, 0.4) is 0 Å². The van der Waals surface area contributed by atoms with Gasteiger partial charge >= 0.3 is 0 Å². The molecule has 2 heterocycles. The van der Waals surface area contributed by atoms with Crippen molar-refractivity contribution in [1.82, 2.24) is 19.9 Å². The summed E-state index contributed by atoms with van der Waals surface area (Å²) in [6.45, 7) is 4.83. The maximum Gasteiger partial charge on any atom is 0.229 e. The molecule has 7 nitrogen and oxygen atoms in total. The standard InChI is InChI=1S/C13H24N6O/c1-13(9-20)5-4-6-19(8-13)7-10-15-11(14)17-12(16-10)18(2)3/h20H,4-9H2,1-3H3,(H2,14,15,16,17). The molecule has 0 aliphatic carbocycles. The van der Waals surface area contributed by atoms with Crippen LogP contribution in [0.25, 0.3) is 0 Å². The van der Waals surface area contributed by atoms with Gasteiger partial charge in [-0.25, -0.2) is 0 Å². The zero-order valence-electron chi connectivity index (χ0n) is 12.5. The normalized spacial score (nSPS) is 23.8. The summed E-state index contributed by atoms with van der Waals surface area (Å²) >= 11 is 0. The first-order chi connectivity index (χ1) is 9.42. The molecule has 20 heavy (non-hydrogen) atoms. The number of aromatic nitrogens is 3. The lowest BCUT2D eigenvalue weighted by molar-refractivity contribution is 0.0417. The third-order valence-electron chi connectivity index (χ3n) is 3.69. The number of hydrogen-bond acceptors (Lipinski definition) is 7. The van der Waals surface area contributed by atoms with Crippen LogP contribution in [0, 0.1) is 5.41 Å². The molecule has 0 spiro atoms. The van der Waals surface area contributed by atoms with Crippen molar-refractivity contribution in [3.8, 4) is 0 Å². The molecular weight excluding hydrogens is 256 g/mol. The van der Waals surface area contributed by atoms with Gasteiger partial charge in [-0.1, -0.05) is 6.92 Å². The number of nitrogens with zero attached hydrogens (tertiary/aromatic N) is 5. The molecule has 0 radical (unpaired) electrons. The average molecular weight is 280 g/mol. The summed E-state index contributed by atoms with van der Waals surface area (Å²) in [5.74, 6) is 1.51. The Morgan fingerprint density at radius 2 is 2.10 bits per heavy atom. The van der Waals surface area contributed by atoms with E-state index >= 15 is 0 Å². The summed E-state index contributed by atoms with van der Waals surface area (Å²) in [7, 11) is 3.75. The van der Waals surface area contributed by atoms with Crippen LogP contribution in [0.4, 0.5) is 11.9 Å². The van der Waals surface area contributed by atoms with Crippen molar-refractivity contribution in [2.45, 2.75) is 26.3 Å². The molecule has 1 aromatic rings. The Kier molecular flexibility index (Phi) is 4.39. The Balaban J connectivity index is 2.10. The molecule has 1 unspecified atom stereocenters. The van der Waals surface area contributed by atoms with Crippen LogP contribution in [0.15, 0.2) is 0 Å². The topological polar surface area (TPSA) is 91.4 Å². The van der Waals surface area contributed by atoms with E-state index in [-0.39, 0.29) is 18.0 Å². The van der Waals surface area contributed by atoms with E-state index in [1.807, 2.05) is 19.0 Å². The van der Waals surface area contributed by atoms with Gasteiger partial charge in [0.2, 0.25) is 11.9 Å². The lowest BCUT2D eigenvalue weighted by Gasteiger charge is -2.39. The Morgan fingerprint density at radius 1 is 1.35 bits per heavy atom. The fraction of sp³-hybridized carbons (Fsp3) is 0.769. The quantitative estimate of drug-likeness (QED) is 0.809. The predicted molar refractivity (Wildman–Crippen MR) is 78.3 cm³/mol. The number of anilines is 2. The lowest BCUT2D eigenvalue weighted by atomic mass is 9.83. The van der Waals surface area contributed by atoms with Crippen molar-refractivity contribution < 1.29 is 5.11 Å². The number of hydrogen-bond donors (Lipinski definition) is 2. The highest BCUT2D eigenvalue weighted by Crippen LogP contribution is 2.29. The second kappa shape index (κ2) is 5.88. The number of piperidine rings is 1. The minimum Gasteiger partial charge on any atom is -0.396 e. The molecule has 1 fully saturated rings. The first-order valence-electron chi connectivity index (χ1n) is 6.93. The minimum atomic E-state index is -0.0266. The molecule has 3 N–H and O–H groups in total. The van der Waals surface area contributed by atoms with E-state index in [0.717, 1.165) is 25.9 Å². The van der Waals surface area contributed by atoms with Gasteiger partial charge in [0.1, 0.15) is 5.82 Å². The van der Waals surface area contributed by atoms with Crippen LogP contribution in [0.5, 0.6) is 0 Å². The molecule has 2 rings (SSSR count). The number of aliphatic hydroxyl groups excluding tert-OH is 1. The van der Waals surface area contributed by atoms with Gasteiger partial charge in [-0.15, -0.1) is 0 Å². The van der Waals surface area contributed by atoms with Crippen molar-refractivity contribution in [3.63, 3.8) is 0 Å². The van der Waals surface area contributed by atoms with Crippen LogP contribution in [0.2, 0.25) is 0 Å². The highest BCUT2D eigenvalue weighted by atomic mass is 16.3. The van der Waals surface area contributed by atoms with Crippen molar-refractivity contribution in [2.75, 3.05) is 44.4 Å². The Labute approximate surface area is 119 Å². The van der Waals surface area contributed by atoms with E-state index in [9.17, 15) is 5.11 Å². The highest BCUT2D eigenvalue weighted by Gasteiger charge is 2.30. The van der Waals surface area contributed by atoms with Gasteiger partial charge in [-0.05, 0) is 19.4 Å². The highest BCUT2D eigenvalue weighted by molar-refractivity contribution is 5.32. The molecule has 0 saturated carbocycles. The molecule has 0 bridgehead atoms. The van der Waals surface area contributed by atoms with Gasteiger partial charge in [0, 0.05) is 32.7 Å². The fourth-order valence-corrected chi connectivity index (χ4v) is 2.59. The van der Waals surface area contributed by atoms with Crippen LogP contribution >= 0.6 is 0 Å². The van der Waals surface area contributed by atoms with Crippen LogP contribution in [-0.2, 0) is 6.54 Å². The molecule has 1 aliphatic heterocycles. The fourth-order valence-electron chi connectivity index (χ4n) is 2.59. The van der Waals surface area contributed by atoms with Crippen LogP contribution < -0.4 is 10.6 Å². The zero-order valence-corrected chi connectivity index (χ0v) is 12.5. The van der Waals surface area contributed by atoms with Gasteiger partial charge in [0.05, 0.1) is 6.54 Å². The summed E-state index contributed by atoms with van der Waals surface area (Å²) in [6.07, 6.45) is 2.14. The summed E-state index contributed by atoms with van der Waals surface area (Å²) in [5, 5.41) is 9.50. The Morgan fingerprint density at radius 3 is 2.75 bits per heavy atom. The van der Waals surface area contributed by atoms with E-state index in [4.69, 9.17) is 5.73 Å². The summed E-state index contributed by atoms with van der Waals surface area (Å²) in [4.78, 5) is 16.8.